The predicted octanol–water partition coefficient (Wildman–Crippen LogP) is 5.82. The van der Waals surface area contributed by atoms with Crippen LogP contribution in [0.5, 0.6) is 5.75 Å². The summed E-state index contributed by atoms with van der Waals surface area (Å²) >= 11 is 0. The molecule has 0 bridgehead atoms. The summed E-state index contributed by atoms with van der Waals surface area (Å²) in [5.74, 6) is 0.159. The Labute approximate surface area is 170 Å². The Morgan fingerprint density at radius 3 is 1.97 bits per heavy atom. The topological polar surface area (TPSA) is 102 Å². The molecule has 0 heterocycles. The van der Waals surface area contributed by atoms with Crippen molar-refractivity contribution in [2.45, 2.75) is 44.4 Å². The van der Waals surface area contributed by atoms with Crippen molar-refractivity contribution in [3.05, 3.63) is 59.7 Å². The Kier molecular flexibility index (Phi) is 5.73. The van der Waals surface area contributed by atoms with E-state index < -0.39 is 10.1 Å². The van der Waals surface area contributed by atoms with Gasteiger partial charge in [0.15, 0.2) is 0 Å². The van der Waals surface area contributed by atoms with Crippen molar-refractivity contribution in [2.24, 2.45) is 10.2 Å². The number of fused-ring (bicyclic) bond motifs is 1. The zero-order valence-corrected chi connectivity index (χ0v) is 17.6. The Hall–Kier alpha value is -2.77. The van der Waals surface area contributed by atoms with E-state index in [1.54, 1.807) is 42.5 Å². The van der Waals surface area contributed by atoms with Gasteiger partial charge in [-0.1, -0.05) is 63.1 Å². The van der Waals surface area contributed by atoms with Crippen LogP contribution in [0.4, 0.5) is 11.4 Å². The summed E-state index contributed by atoms with van der Waals surface area (Å²) in [6.07, 6.45) is 0. The number of rotatable bonds is 5. The van der Waals surface area contributed by atoms with Gasteiger partial charge in [0.1, 0.15) is 4.90 Å². The van der Waals surface area contributed by atoms with Gasteiger partial charge in [0.05, 0.1) is 11.4 Å². The first-order chi connectivity index (χ1) is 13.6. The maximum Gasteiger partial charge on any atom is 0.295 e. The highest BCUT2D eigenvalue weighted by atomic mass is 32.2. The van der Waals surface area contributed by atoms with Crippen LogP contribution in [0.1, 0.15) is 50.7 Å². The fraction of sp³-hybridized carbons (Fsp3) is 0.273. The van der Waals surface area contributed by atoms with E-state index in [2.05, 4.69) is 10.2 Å². The standard InChI is InChI=1S/C22H24N2O4S/c1-13(2)18-11-15(12-19(14(3)4)22(18)25)23-24-20-9-5-8-17-16(20)7-6-10-21(17)29(26,27)28/h5-14,25H,1-4H3,(H,26,27,28)/p-1. The molecule has 0 aliphatic carbocycles. The van der Waals surface area contributed by atoms with E-state index in [0.717, 1.165) is 0 Å². The molecule has 152 valence electrons. The highest BCUT2D eigenvalue weighted by molar-refractivity contribution is 7.86. The molecule has 0 aliphatic heterocycles. The summed E-state index contributed by atoms with van der Waals surface area (Å²) in [5, 5.41) is 22.2. The third-order valence-electron chi connectivity index (χ3n) is 4.79. The van der Waals surface area contributed by atoms with Crippen molar-refractivity contribution in [1.29, 1.82) is 0 Å². The van der Waals surface area contributed by atoms with Gasteiger partial charge in [-0.15, -0.1) is 10.9 Å². The smallest absolute Gasteiger partial charge is 0.295 e. The van der Waals surface area contributed by atoms with E-state index in [0.29, 0.717) is 33.3 Å². The van der Waals surface area contributed by atoms with E-state index in [9.17, 15) is 18.1 Å². The van der Waals surface area contributed by atoms with E-state index in [-0.39, 0.29) is 22.5 Å². The van der Waals surface area contributed by atoms with Crippen molar-refractivity contribution >= 4 is 32.3 Å². The average Bonchev–Trinajstić information content (AvgIpc) is 2.65. The Morgan fingerprint density at radius 1 is 0.862 bits per heavy atom. The molecule has 1 N–H and O–H groups in total. The molecule has 0 aromatic heterocycles. The van der Waals surface area contributed by atoms with Gasteiger partial charge < -0.3 is 5.11 Å². The summed E-state index contributed by atoms with van der Waals surface area (Å²) in [6, 6.07) is 13.1. The quantitative estimate of drug-likeness (QED) is 0.422. The van der Waals surface area contributed by atoms with Gasteiger partial charge in [-0.25, -0.2) is 0 Å². The van der Waals surface area contributed by atoms with E-state index >= 15 is 0 Å². The van der Waals surface area contributed by atoms with Gasteiger partial charge in [0.25, 0.3) is 10.1 Å². The zero-order chi connectivity index (χ0) is 21.3. The van der Waals surface area contributed by atoms with E-state index in [1.165, 1.54) is 6.07 Å². The lowest BCUT2D eigenvalue weighted by Gasteiger charge is -2.24. The SMILES string of the molecule is CC(C)c1cc(N=Nc2cccc3c(S(=O)(=O)O)cccc23)cc(C(C)C)c1[O-]. The molecule has 0 spiro atoms. The van der Waals surface area contributed by atoms with Crippen LogP contribution in [0.3, 0.4) is 0 Å². The van der Waals surface area contributed by atoms with Gasteiger partial charge in [-0.2, -0.15) is 13.5 Å². The van der Waals surface area contributed by atoms with Crippen LogP contribution in [0.2, 0.25) is 0 Å². The predicted molar refractivity (Wildman–Crippen MR) is 112 cm³/mol. The fourth-order valence-electron chi connectivity index (χ4n) is 3.26. The lowest BCUT2D eigenvalue weighted by atomic mass is 9.93. The minimum Gasteiger partial charge on any atom is -0.872 e. The van der Waals surface area contributed by atoms with Crippen LogP contribution in [0, 0.1) is 0 Å². The summed E-state index contributed by atoms with van der Waals surface area (Å²) in [7, 11) is -4.36. The molecule has 0 fully saturated rings. The van der Waals surface area contributed by atoms with Crippen molar-refractivity contribution in [2.75, 3.05) is 0 Å². The van der Waals surface area contributed by atoms with Crippen LogP contribution in [0.15, 0.2) is 63.7 Å². The lowest BCUT2D eigenvalue weighted by molar-refractivity contribution is -0.270. The Balaban J connectivity index is 2.13. The molecule has 3 aromatic carbocycles. The molecular formula is C22H23N2O4S-. The van der Waals surface area contributed by atoms with Crippen LogP contribution < -0.4 is 5.11 Å². The first-order valence-corrected chi connectivity index (χ1v) is 10.8. The second kappa shape index (κ2) is 7.93. The van der Waals surface area contributed by atoms with Crippen molar-refractivity contribution in [3.63, 3.8) is 0 Å². The second-order valence-electron chi connectivity index (χ2n) is 7.57. The molecule has 0 saturated carbocycles. The third-order valence-corrected chi connectivity index (χ3v) is 5.70. The number of hydrogen-bond acceptors (Lipinski definition) is 5. The summed E-state index contributed by atoms with van der Waals surface area (Å²) in [4.78, 5) is -0.174. The highest BCUT2D eigenvalue weighted by Gasteiger charge is 2.15. The van der Waals surface area contributed by atoms with Gasteiger partial charge in [-0.05, 0) is 36.1 Å². The molecule has 0 aliphatic rings. The van der Waals surface area contributed by atoms with E-state index in [4.69, 9.17) is 0 Å². The van der Waals surface area contributed by atoms with Crippen LogP contribution in [-0.2, 0) is 10.1 Å². The third kappa shape index (κ3) is 4.31. The van der Waals surface area contributed by atoms with Crippen LogP contribution in [0.25, 0.3) is 10.8 Å². The summed E-state index contributed by atoms with van der Waals surface area (Å²) < 4.78 is 32.8. The van der Waals surface area contributed by atoms with Gasteiger partial charge in [0.2, 0.25) is 0 Å². The number of hydrogen-bond donors (Lipinski definition) is 1. The normalized spacial score (nSPS) is 12.5. The number of benzene rings is 3. The van der Waals surface area contributed by atoms with Crippen molar-refractivity contribution < 1.29 is 18.1 Å². The zero-order valence-electron chi connectivity index (χ0n) is 16.7. The van der Waals surface area contributed by atoms with Gasteiger partial charge in [-0.3, -0.25) is 4.55 Å². The molecule has 3 aromatic rings. The molecule has 0 atom stereocenters. The molecule has 7 heteroatoms. The van der Waals surface area contributed by atoms with E-state index in [1.807, 2.05) is 27.7 Å². The number of azo groups is 1. The first kappa shape index (κ1) is 21.0. The highest BCUT2D eigenvalue weighted by Crippen LogP contribution is 2.37. The summed E-state index contributed by atoms with van der Waals surface area (Å²) in [6.45, 7) is 7.85. The monoisotopic (exact) mass is 411 g/mol. The minimum atomic E-state index is -4.36. The van der Waals surface area contributed by atoms with Gasteiger partial charge in [0, 0.05) is 10.8 Å². The van der Waals surface area contributed by atoms with Crippen molar-refractivity contribution in [3.8, 4) is 5.75 Å². The van der Waals surface area contributed by atoms with Crippen LogP contribution >= 0.6 is 0 Å². The first-order valence-electron chi connectivity index (χ1n) is 9.35. The minimum absolute atomic E-state index is 0.0388. The lowest BCUT2D eigenvalue weighted by Crippen LogP contribution is -2.04. The number of nitrogens with zero attached hydrogens (tertiary/aromatic N) is 2. The molecule has 0 radical (unpaired) electrons. The molecule has 6 nitrogen and oxygen atoms in total. The molecule has 0 amide bonds. The fourth-order valence-corrected chi connectivity index (χ4v) is 3.97. The van der Waals surface area contributed by atoms with Crippen molar-refractivity contribution in [1.82, 2.24) is 0 Å². The molecular weight excluding hydrogens is 388 g/mol. The molecule has 3 rings (SSSR count). The Morgan fingerprint density at radius 2 is 1.41 bits per heavy atom. The second-order valence-corrected chi connectivity index (χ2v) is 8.96. The maximum atomic E-state index is 12.6. The largest absolute Gasteiger partial charge is 0.872 e. The summed E-state index contributed by atoms with van der Waals surface area (Å²) in [5.41, 5.74) is 2.42. The molecule has 0 saturated heterocycles. The van der Waals surface area contributed by atoms with Crippen LogP contribution in [-0.4, -0.2) is 13.0 Å². The Bertz CT molecular complexity index is 1170. The molecule has 0 unspecified atom stereocenters. The maximum absolute atomic E-state index is 12.6. The molecule has 29 heavy (non-hydrogen) atoms. The average molecular weight is 412 g/mol. The van der Waals surface area contributed by atoms with Gasteiger partial charge >= 0.3 is 0 Å².